The van der Waals surface area contributed by atoms with Crippen LogP contribution in [0.2, 0.25) is 0 Å². The molecule has 1 aromatic rings. The third-order valence-corrected chi connectivity index (χ3v) is 2.99. The smallest absolute Gasteiger partial charge is 0.187 e. The summed E-state index contributed by atoms with van der Waals surface area (Å²) < 4.78 is 0. The predicted octanol–water partition coefficient (Wildman–Crippen LogP) is 0.848. The molecule has 0 fully saturated rings. The fraction of sp³-hybridized carbons (Fsp3) is 0.600. The molecule has 0 spiro atoms. The molecule has 0 aliphatic heterocycles. The van der Waals surface area contributed by atoms with Crippen LogP contribution < -0.4 is 5.32 Å². The Kier molecular flexibility index (Phi) is 5.60. The number of aliphatic hydroxyl groups excluding tert-OH is 1. The van der Waals surface area contributed by atoms with E-state index in [0.29, 0.717) is 0 Å². The van der Waals surface area contributed by atoms with E-state index in [4.69, 9.17) is 5.11 Å². The number of rotatable bonds is 6. The zero-order valence-electron chi connectivity index (χ0n) is 9.10. The summed E-state index contributed by atoms with van der Waals surface area (Å²) >= 11 is 1.62. The second-order valence-corrected chi connectivity index (χ2v) is 4.35. The van der Waals surface area contributed by atoms with Crippen LogP contribution in [0, 0.1) is 6.92 Å². The largest absolute Gasteiger partial charge is 0.395 e. The molecule has 0 saturated heterocycles. The molecule has 0 amide bonds. The van der Waals surface area contributed by atoms with Crippen molar-refractivity contribution in [1.29, 1.82) is 0 Å². The Balaban J connectivity index is 2.31. The van der Waals surface area contributed by atoms with E-state index in [2.05, 4.69) is 15.3 Å². The van der Waals surface area contributed by atoms with Crippen LogP contribution >= 0.6 is 11.8 Å². The van der Waals surface area contributed by atoms with Crippen LogP contribution in [0.25, 0.3) is 0 Å². The molecule has 1 heterocycles. The van der Waals surface area contributed by atoms with Gasteiger partial charge in [-0.05, 0) is 26.5 Å². The zero-order valence-corrected chi connectivity index (χ0v) is 9.92. The minimum atomic E-state index is 0.169. The molecule has 0 aliphatic carbocycles. The molecular formula is C10H17N3OS. The Hall–Kier alpha value is -0.650. The van der Waals surface area contributed by atoms with Crippen molar-refractivity contribution < 1.29 is 5.11 Å². The van der Waals surface area contributed by atoms with Crippen LogP contribution in [0.1, 0.15) is 12.1 Å². The lowest BCUT2D eigenvalue weighted by Crippen LogP contribution is -2.29. The molecule has 0 bridgehead atoms. The molecular weight excluding hydrogens is 210 g/mol. The molecule has 0 radical (unpaired) electrons. The lowest BCUT2D eigenvalue weighted by atomic mass is 10.2. The summed E-state index contributed by atoms with van der Waals surface area (Å²) in [5.74, 6) is 0.912. The third kappa shape index (κ3) is 4.59. The van der Waals surface area contributed by atoms with Crippen molar-refractivity contribution in [2.75, 3.05) is 19.4 Å². The number of aromatic nitrogens is 2. The highest BCUT2D eigenvalue weighted by atomic mass is 32.2. The molecule has 2 N–H and O–H groups in total. The van der Waals surface area contributed by atoms with Gasteiger partial charge in [-0.25, -0.2) is 9.97 Å². The highest BCUT2D eigenvalue weighted by molar-refractivity contribution is 7.99. The standard InChI is InChI=1S/C10H17N3OS/c1-8-3-5-12-10(13-8)15-6-4-9(7-14)11-2/h3,5,9,11,14H,4,6-7H2,1-2H3. The Morgan fingerprint density at radius 2 is 2.40 bits per heavy atom. The summed E-state index contributed by atoms with van der Waals surface area (Å²) in [5, 5.41) is 12.8. The van der Waals surface area contributed by atoms with Gasteiger partial charge in [-0.15, -0.1) is 0 Å². The predicted molar refractivity (Wildman–Crippen MR) is 62.0 cm³/mol. The topological polar surface area (TPSA) is 58.0 Å². The van der Waals surface area contributed by atoms with Gasteiger partial charge in [0.15, 0.2) is 5.16 Å². The highest BCUT2D eigenvalue weighted by Gasteiger charge is 2.04. The molecule has 0 saturated carbocycles. The van der Waals surface area contributed by atoms with Crippen molar-refractivity contribution in [2.24, 2.45) is 0 Å². The van der Waals surface area contributed by atoms with E-state index in [1.165, 1.54) is 0 Å². The Morgan fingerprint density at radius 1 is 1.60 bits per heavy atom. The molecule has 1 aromatic heterocycles. The molecule has 1 unspecified atom stereocenters. The normalized spacial score (nSPS) is 12.7. The summed E-state index contributed by atoms with van der Waals surface area (Å²) in [4.78, 5) is 8.45. The Bertz CT molecular complexity index is 292. The molecule has 15 heavy (non-hydrogen) atoms. The first-order chi connectivity index (χ1) is 7.26. The van der Waals surface area contributed by atoms with Crippen LogP contribution in [-0.2, 0) is 0 Å². The van der Waals surface area contributed by atoms with Gasteiger partial charge < -0.3 is 10.4 Å². The first kappa shape index (κ1) is 12.4. The molecule has 4 nitrogen and oxygen atoms in total. The number of aryl methyl sites for hydroxylation is 1. The minimum absolute atomic E-state index is 0.169. The zero-order chi connectivity index (χ0) is 11.1. The van der Waals surface area contributed by atoms with E-state index in [1.54, 1.807) is 18.0 Å². The van der Waals surface area contributed by atoms with Gasteiger partial charge in [0.1, 0.15) is 0 Å². The van der Waals surface area contributed by atoms with E-state index >= 15 is 0 Å². The maximum Gasteiger partial charge on any atom is 0.187 e. The first-order valence-electron chi connectivity index (χ1n) is 4.97. The van der Waals surface area contributed by atoms with E-state index in [9.17, 15) is 0 Å². The number of thioether (sulfide) groups is 1. The molecule has 84 valence electrons. The van der Waals surface area contributed by atoms with E-state index in [-0.39, 0.29) is 12.6 Å². The second kappa shape index (κ2) is 6.76. The van der Waals surface area contributed by atoms with Crippen LogP contribution in [0.5, 0.6) is 0 Å². The third-order valence-electron chi connectivity index (χ3n) is 2.10. The van der Waals surface area contributed by atoms with Gasteiger partial charge in [-0.1, -0.05) is 11.8 Å². The van der Waals surface area contributed by atoms with Gasteiger partial charge in [0.2, 0.25) is 0 Å². The number of hydrogen-bond acceptors (Lipinski definition) is 5. The van der Waals surface area contributed by atoms with Crippen LogP contribution in [0.4, 0.5) is 0 Å². The van der Waals surface area contributed by atoms with Crippen molar-refractivity contribution in [2.45, 2.75) is 24.5 Å². The summed E-state index contributed by atoms with van der Waals surface area (Å²) in [7, 11) is 1.86. The molecule has 0 aliphatic rings. The van der Waals surface area contributed by atoms with Gasteiger partial charge in [0, 0.05) is 23.7 Å². The molecule has 5 heteroatoms. The van der Waals surface area contributed by atoms with Crippen LogP contribution in [0.15, 0.2) is 17.4 Å². The lowest BCUT2D eigenvalue weighted by molar-refractivity contribution is 0.246. The fourth-order valence-electron chi connectivity index (χ4n) is 1.11. The Morgan fingerprint density at radius 3 is 3.00 bits per heavy atom. The van der Waals surface area contributed by atoms with Crippen LogP contribution in [0.3, 0.4) is 0 Å². The summed E-state index contributed by atoms with van der Waals surface area (Å²) in [5.41, 5.74) is 0.986. The summed E-state index contributed by atoms with van der Waals surface area (Å²) in [6.45, 7) is 2.13. The van der Waals surface area contributed by atoms with Crippen molar-refractivity contribution in [3.63, 3.8) is 0 Å². The first-order valence-corrected chi connectivity index (χ1v) is 5.95. The maximum atomic E-state index is 8.96. The lowest BCUT2D eigenvalue weighted by Gasteiger charge is -2.11. The van der Waals surface area contributed by atoms with E-state index < -0.39 is 0 Å². The summed E-state index contributed by atoms with van der Waals surface area (Å²) in [6.07, 6.45) is 2.68. The van der Waals surface area contributed by atoms with Crippen LogP contribution in [-0.4, -0.2) is 40.5 Å². The maximum absolute atomic E-state index is 8.96. The van der Waals surface area contributed by atoms with Gasteiger partial charge in [0.25, 0.3) is 0 Å². The van der Waals surface area contributed by atoms with Crippen molar-refractivity contribution in [3.8, 4) is 0 Å². The monoisotopic (exact) mass is 227 g/mol. The molecule has 1 atom stereocenters. The number of aliphatic hydroxyl groups is 1. The second-order valence-electron chi connectivity index (χ2n) is 3.29. The van der Waals surface area contributed by atoms with E-state index in [1.807, 2.05) is 20.0 Å². The van der Waals surface area contributed by atoms with E-state index in [0.717, 1.165) is 23.0 Å². The fourth-order valence-corrected chi connectivity index (χ4v) is 2.04. The number of likely N-dealkylation sites (N-methyl/N-ethyl adjacent to an activating group) is 1. The van der Waals surface area contributed by atoms with Gasteiger partial charge in [-0.2, -0.15) is 0 Å². The minimum Gasteiger partial charge on any atom is -0.395 e. The molecule has 1 rings (SSSR count). The SMILES string of the molecule is CNC(CO)CCSc1nccc(C)n1. The molecule has 0 aromatic carbocycles. The number of nitrogens with zero attached hydrogens (tertiary/aromatic N) is 2. The average Bonchev–Trinajstić information content (AvgIpc) is 2.25. The summed E-state index contributed by atoms with van der Waals surface area (Å²) in [6, 6.07) is 2.05. The highest BCUT2D eigenvalue weighted by Crippen LogP contribution is 2.14. The van der Waals surface area contributed by atoms with Crippen molar-refractivity contribution in [3.05, 3.63) is 18.0 Å². The Labute approximate surface area is 94.5 Å². The van der Waals surface area contributed by atoms with Crippen molar-refractivity contribution in [1.82, 2.24) is 15.3 Å². The van der Waals surface area contributed by atoms with Gasteiger partial charge in [-0.3, -0.25) is 0 Å². The number of hydrogen-bond donors (Lipinski definition) is 2. The quantitative estimate of drug-likeness (QED) is 0.557. The van der Waals surface area contributed by atoms with Crippen molar-refractivity contribution >= 4 is 11.8 Å². The average molecular weight is 227 g/mol. The van der Waals surface area contributed by atoms with Gasteiger partial charge in [0.05, 0.1) is 6.61 Å². The number of nitrogens with one attached hydrogen (secondary N) is 1. The van der Waals surface area contributed by atoms with Gasteiger partial charge >= 0.3 is 0 Å².